The van der Waals surface area contributed by atoms with E-state index in [-0.39, 0.29) is 5.91 Å². The van der Waals surface area contributed by atoms with Crippen molar-refractivity contribution in [2.45, 2.75) is 0 Å². The number of benzene rings is 2. The second kappa shape index (κ2) is 8.74. The van der Waals surface area contributed by atoms with E-state index in [1.54, 1.807) is 37.5 Å². The number of amides is 1. The van der Waals surface area contributed by atoms with E-state index in [9.17, 15) is 4.79 Å². The van der Waals surface area contributed by atoms with Gasteiger partial charge in [-0.2, -0.15) is 0 Å². The molecule has 5 nitrogen and oxygen atoms in total. The van der Waals surface area contributed by atoms with E-state index < -0.39 is 0 Å². The van der Waals surface area contributed by atoms with Gasteiger partial charge in [0.2, 0.25) is 5.91 Å². The van der Waals surface area contributed by atoms with Crippen LogP contribution in [0.2, 0.25) is 5.02 Å². The number of carbonyl (C=O) groups is 1. The summed E-state index contributed by atoms with van der Waals surface area (Å²) < 4.78 is 16.3. The number of hydrogen-bond acceptors (Lipinski definition) is 4. The lowest BCUT2D eigenvalue weighted by Gasteiger charge is -2.26. The van der Waals surface area contributed by atoms with Gasteiger partial charge in [-0.1, -0.05) is 23.7 Å². The van der Waals surface area contributed by atoms with Crippen LogP contribution in [-0.2, 0) is 9.53 Å². The molecule has 1 aliphatic rings. The number of rotatable bonds is 7. The topological polar surface area (TPSA) is 56.8 Å². The van der Waals surface area contributed by atoms with Gasteiger partial charge in [0, 0.05) is 22.7 Å². The Labute approximate surface area is 157 Å². The van der Waals surface area contributed by atoms with Crippen molar-refractivity contribution < 1.29 is 19.0 Å². The van der Waals surface area contributed by atoms with Gasteiger partial charge >= 0.3 is 0 Å². The normalized spacial score (nSPS) is 14.1. The Kier molecular flexibility index (Phi) is 6.15. The predicted octanol–water partition coefficient (Wildman–Crippen LogP) is 4.03. The third-order valence-electron chi connectivity index (χ3n) is 3.89. The summed E-state index contributed by atoms with van der Waals surface area (Å²) in [7, 11) is 1.59. The Morgan fingerprint density at radius 3 is 2.81 bits per heavy atom. The number of carbonyl (C=O) groups excluding carboxylic acids is 1. The van der Waals surface area contributed by atoms with Gasteiger partial charge in [-0.25, -0.2) is 0 Å². The molecule has 2 aromatic rings. The van der Waals surface area contributed by atoms with Gasteiger partial charge in [-0.3, -0.25) is 4.79 Å². The summed E-state index contributed by atoms with van der Waals surface area (Å²) >= 11 is 5.91. The molecule has 26 heavy (non-hydrogen) atoms. The molecule has 136 valence electrons. The molecule has 2 aromatic carbocycles. The summed E-state index contributed by atoms with van der Waals surface area (Å²) in [6, 6.07) is 12.5. The van der Waals surface area contributed by atoms with Crippen molar-refractivity contribution in [1.29, 1.82) is 0 Å². The van der Waals surface area contributed by atoms with Crippen LogP contribution in [0, 0.1) is 5.92 Å². The SMILES string of the molecule is COc1cc(/C=C/C(=O)Nc2cccc(Cl)c2)ccc1OCC1COC1. The van der Waals surface area contributed by atoms with Crippen LogP contribution in [0.5, 0.6) is 11.5 Å². The lowest BCUT2D eigenvalue weighted by molar-refractivity contribution is -0.111. The van der Waals surface area contributed by atoms with Gasteiger partial charge in [0.1, 0.15) is 0 Å². The number of nitrogens with one attached hydrogen (secondary N) is 1. The molecule has 1 fully saturated rings. The number of anilines is 1. The molecule has 0 aromatic heterocycles. The third kappa shape index (κ3) is 5.00. The fourth-order valence-corrected chi connectivity index (χ4v) is 2.61. The summed E-state index contributed by atoms with van der Waals surface area (Å²) in [6.07, 6.45) is 3.17. The Hall–Kier alpha value is -2.50. The molecule has 0 atom stereocenters. The number of ether oxygens (including phenoxy) is 3. The Balaban J connectivity index is 1.60. The Morgan fingerprint density at radius 1 is 1.27 bits per heavy atom. The highest BCUT2D eigenvalue weighted by molar-refractivity contribution is 6.30. The average Bonchev–Trinajstić information content (AvgIpc) is 2.59. The molecule has 3 rings (SSSR count). The third-order valence-corrected chi connectivity index (χ3v) is 4.12. The first-order valence-corrected chi connectivity index (χ1v) is 8.65. The minimum atomic E-state index is -0.239. The highest BCUT2D eigenvalue weighted by Crippen LogP contribution is 2.29. The van der Waals surface area contributed by atoms with Crippen LogP contribution in [0.3, 0.4) is 0 Å². The van der Waals surface area contributed by atoms with E-state index in [2.05, 4.69) is 5.32 Å². The Morgan fingerprint density at radius 2 is 2.12 bits per heavy atom. The standard InChI is InChI=1S/C20H20ClNO4/c1-24-19-9-14(5-7-18(19)26-13-15-11-25-12-15)6-8-20(23)22-17-4-2-3-16(21)10-17/h2-10,15H,11-13H2,1H3,(H,22,23)/b8-6+. The van der Waals surface area contributed by atoms with Crippen LogP contribution < -0.4 is 14.8 Å². The maximum Gasteiger partial charge on any atom is 0.248 e. The van der Waals surface area contributed by atoms with E-state index in [0.717, 1.165) is 18.8 Å². The van der Waals surface area contributed by atoms with Gasteiger partial charge in [0.25, 0.3) is 0 Å². The number of methoxy groups -OCH3 is 1. The van der Waals surface area contributed by atoms with E-state index >= 15 is 0 Å². The molecular weight excluding hydrogens is 354 g/mol. The van der Waals surface area contributed by atoms with Crippen molar-refractivity contribution in [3.8, 4) is 11.5 Å². The second-order valence-electron chi connectivity index (χ2n) is 5.96. The van der Waals surface area contributed by atoms with Crippen LogP contribution in [0.4, 0.5) is 5.69 Å². The van der Waals surface area contributed by atoms with E-state index in [1.165, 1.54) is 6.08 Å². The molecule has 1 saturated heterocycles. The van der Waals surface area contributed by atoms with Crippen molar-refractivity contribution >= 4 is 29.3 Å². The number of hydrogen-bond donors (Lipinski definition) is 1. The largest absolute Gasteiger partial charge is 0.493 e. The molecule has 0 aliphatic carbocycles. The molecule has 1 amide bonds. The summed E-state index contributed by atoms with van der Waals surface area (Å²) in [5.41, 5.74) is 1.48. The average molecular weight is 374 g/mol. The molecule has 1 N–H and O–H groups in total. The van der Waals surface area contributed by atoms with Crippen LogP contribution in [0.1, 0.15) is 5.56 Å². The zero-order chi connectivity index (χ0) is 18.4. The lowest BCUT2D eigenvalue weighted by atomic mass is 10.1. The minimum absolute atomic E-state index is 0.239. The van der Waals surface area contributed by atoms with Crippen molar-refractivity contribution in [1.82, 2.24) is 0 Å². The lowest BCUT2D eigenvalue weighted by Crippen LogP contribution is -2.32. The molecule has 0 spiro atoms. The molecule has 1 heterocycles. The van der Waals surface area contributed by atoms with Crippen molar-refractivity contribution in [2.75, 3.05) is 32.2 Å². The fraction of sp³-hybridized carbons (Fsp3) is 0.250. The minimum Gasteiger partial charge on any atom is -0.493 e. The van der Waals surface area contributed by atoms with Gasteiger partial charge in [0.05, 0.1) is 26.9 Å². The van der Waals surface area contributed by atoms with Gasteiger partial charge < -0.3 is 19.5 Å². The first kappa shape index (κ1) is 18.3. The fourth-order valence-electron chi connectivity index (χ4n) is 2.42. The molecule has 0 radical (unpaired) electrons. The zero-order valence-electron chi connectivity index (χ0n) is 14.4. The highest BCUT2D eigenvalue weighted by atomic mass is 35.5. The van der Waals surface area contributed by atoms with Crippen molar-refractivity contribution in [2.24, 2.45) is 5.92 Å². The monoisotopic (exact) mass is 373 g/mol. The first-order chi connectivity index (χ1) is 12.6. The van der Waals surface area contributed by atoms with E-state index in [0.29, 0.717) is 34.7 Å². The summed E-state index contributed by atoms with van der Waals surface area (Å²) in [5, 5.41) is 3.33. The van der Waals surface area contributed by atoms with Crippen molar-refractivity contribution in [3.63, 3.8) is 0 Å². The molecule has 6 heteroatoms. The van der Waals surface area contributed by atoms with Crippen LogP contribution in [-0.4, -0.2) is 32.8 Å². The zero-order valence-corrected chi connectivity index (χ0v) is 15.2. The maximum atomic E-state index is 12.0. The van der Waals surface area contributed by atoms with E-state index in [4.69, 9.17) is 25.8 Å². The van der Waals surface area contributed by atoms with Crippen LogP contribution >= 0.6 is 11.6 Å². The van der Waals surface area contributed by atoms with Crippen molar-refractivity contribution in [3.05, 3.63) is 59.1 Å². The first-order valence-electron chi connectivity index (χ1n) is 8.27. The molecule has 0 unspecified atom stereocenters. The number of halogens is 1. The van der Waals surface area contributed by atoms with Gasteiger partial charge in [0.15, 0.2) is 11.5 Å². The maximum absolute atomic E-state index is 12.0. The summed E-state index contributed by atoms with van der Waals surface area (Å²) in [5.74, 6) is 1.51. The predicted molar refractivity (Wildman–Crippen MR) is 102 cm³/mol. The molecule has 1 aliphatic heterocycles. The van der Waals surface area contributed by atoms with Crippen LogP contribution in [0.15, 0.2) is 48.5 Å². The van der Waals surface area contributed by atoms with Gasteiger partial charge in [-0.05, 0) is 42.0 Å². The summed E-state index contributed by atoms with van der Waals surface area (Å²) in [6.45, 7) is 2.09. The molecule has 0 bridgehead atoms. The van der Waals surface area contributed by atoms with E-state index in [1.807, 2.05) is 18.2 Å². The Bertz CT molecular complexity index is 802. The quantitative estimate of drug-likeness (QED) is 0.744. The highest BCUT2D eigenvalue weighted by Gasteiger charge is 2.19. The van der Waals surface area contributed by atoms with Gasteiger partial charge in [-0.15, -0.1) is 0 Å². The smallest absolute Gasteiger partial charge is 0.248 e. The molecular formula is C20H20ClNO4. The molecule has 0 saturated carbocycles. The summed E-state index contributed by atoms with van der Waals surface area (Å²) in [4.78, 5) is 12.0. The second-order valence-corrected chi connectivity index (χ2v) is 6.39. The van der Waals surface area contributed by atoms with Crippen LogP contribution in [0.25, 0.3) is 6.08 Å².